The van der Waals surface area contributed by atoms with Gasteiger partial charge in [0, 0.05) is 62.9 Å². The molecule has 52 nitrogen and oxygen atoms in total. The molecule has 2 saturated heterocycles. The predicted octanol–water partition coefficient (Wildman–Crippen LogP) is -7.44. The van der Waals surface area contributed by atoms with Crippen molar-refractivity contribution in [3.8, 4) is 0 Å². The number of primary amides is 5. The van der Waals surface area contributed by atoms with E-state index in [1.807, 2.05) is 0 Å². The molecule has 2 aliphatic rings. The molecule has 25 amide bonds. The van der Waals surface area contributed by atoms with E-state index in [0.29, 0.717) is 10.5 Å². The second-order valence-corrected chi connectivity index (χ2v) is 38.3. The number of urea groups is 1. The van der Waals surface area contributed by atoms with Crippen LogP contribution >= 0.6 is 0 Å². The average molecular weight is 2050 g/mol. The molecule has 0 aliphatic carbocycles. The van der Waals surface area contributed by atoms with E-state index in [1.54, 1.807) is 105 Å². The van der Waals surface area contributed by atoms with Crippen molar-refractivity contribution in [3.05, 3.63) is 35.9 Å². The summed E-state index contributed by atoms with van der Waals surface area (Å²) in [5, 5.41) is 39.7. The van der Waals surface area contributed by atoms with Crippen LogP contribution in [0.5, 0.6) is 0 Å². The van der Waals surface area contributed by atoms with Gasteiger partial charge in [-0.15, -0.1) is 0 Å². The maximum Gasteiger partial charge on any atom is 0.329 e. The quantitative estimate of drug-likeness (QED) is 0.0272. The van der Waals surface area contributed by atoms with Gasteiger partial charge in [-0.25, -0.2) is 9.59 Å². The van der Waals surface area contributed by atoms with Crippen molar-refractivity contribution >= 4 is 148 Å². The Morgan fingerprint density at radius 2 is 1.01 bits per heavy atom. The summed E-state index contributed by atoms with van der Waals surface area (Å²) >= 11 is 0. The Morgan fingerprint density at radius 1 is 0.510 bits per heavy atom. The first-order valence-corrected chi connectivity index (χ1v) is 47.7. The number of ether oxygens (including phenoxy) is 2. The van der Waals surface area contributed by atoms with Crippen LogP contribution in [0.2, 0.25) is 0 Å². The molecule has 3 rings (SSSR count). The first-order valence-electron chi connectivity index (χ1n) is 47.7. The number of carbonyl (C=O) groups excluding carboxylic acids is 25. The summed E-state index contributed by atoms with van der Waals surface area (Å²) in [5.41, 5.74) is 25.9. The van der Waals surface area contributed by atoms with E-state index < -0.39 is 349 Å². The zero-order valence-corrected chi connectivity index (χ0v) is 86.9. The third-order valence-corrected chi connectivity index (χ3v) is 25.6. The van der Waals surface area contributed by atoms with Crippen LogP contribution in [0.4, 0.5) is 4.79 Å². The molecule has 0 saturated carbocycles. The van der Waals surface area contributed by atoms with E-state index in [2.05, 4.69) is 58.5 Å². The van der Waals surface area contributed by atoms with Crippen LogP contribution in [0.25, 0.3) is 0 Å². The predicted molar refractivity (Wildman–Crippen MR) is 517 cm³/mol. The summed E-state index contributed by atoms with van der Waals surface area (Å²) < 4.78 is 11.0. The van der Waals surface area contributed by atoms with Gasteiger partial charge in [-0.3, -0.25) is 116 Å². The third kappa shape index (κ3) is 35.7. The number of carbonyl (C=O) groups is 25. The Balaban J connectivity index is 2.33. The van der Waals surface area contributed by atoms with Gasteiger partial charge < -0.3 is 136 Å². The molecule has 0 spiro atoms. The molecule has 1 aromatic carbocycles. The SMILES string of the molecule is CCC(C)C1NC(=O)C(C)NC(=O)C(CC(N)=O)NC(=O)CN(C)C(=O)C(CC(N)=O)NC(=O)C(NC(=O)C(CC(N)=O)NC(=O)C(CC(C)C)N(C)C(=O)C(C(C)C)N(C)C(=O)C(C(C)CC)N(C)C(=O)C(CC(N)=O)N(C)C(=O)C(C(C)C)N(C)C(=O)C(Cc2ccccc2)NC(=O)COC)C(C)OC(=O)C(C(C)CC)N(C)C(=O)C(C)NC(=O)C(CC(=O)NC(N)=O)NC(=O)C(C)C2(O)NC(=O)CC2NC1=O. The van der Waals surface area contributed by atoms with Gasteiger partial charge >= 0.3 is 12.0 Å². The van der Waals surface area contributed by atoms with Gasteiger partial charge in [-0.05, 0) is 75.2 Å². The topological polar surface area (TPSA) is 763 Å². The maximum atomic E-state index is 15.6. The van der Waals surface area contributed by atoms with Gasteiger partial charge in [0.15, 0.2) is 5.72 Å². The molecule has 22 atom stereocenters. The summed E-state index contributed by atoms with van der Waals surface area (Å²) in [6.07, 6.45) is -7.99. The van der Waals surface area contributed by atoms with E-state index in [0.717, 1.165) is 71.2 Å². The number of nitrogens with one attached hydrogen (secondary N) is 12. The highest BCUT2D eigenvalue weighted by Crippen LogP contribution is 2.31. The number of nitrogens with zero attached hydrogens (tertiary/aromatic N) is 7. The van der Waals surface area contributed by atoms with E-state index in [4.69, 9.17) is 38.1 Å². The smallest absolute Gasteiger partial charge is 0.329 e. The maximum absolute atomic E-state index is 15.6. The number of esters is 1. The van der Waals surface area contributed by atoms with E-state index >= 15 is 38.4 Å². The summed E-state index contributed by atoms with van der Waals surface area (Å²) in [6.45, 7) is 21.7. The summed E-state index contributed by atoms with van der Waals surface area (Å²) in [7, 11) is 9.50. The Kier molecular flexibility index (Phi) is 49.0. The third-order valence-electron chi connectivity index (χ3n) is 25.6. The average Bonchev–Trinajstić information content (AvgIpc) is 1.63. The summed E-state index contributed by atoms with van der Waals surface area (Å²) in [5.74, 6) is -34.3. The minimum Gasteiger partial charge on any atom is -0.458 e. The lowest BCUT2D eigenvalue weighted by Gasteiger charge is -2.42. The highest BCUT2D eigenvalue weighted by molar-refractivity contribution is 6.04. The van der Waals surface area contributed by atoms with Crippen LogP contribution in [0.1, 0.15) is 181 Å². The van der Waals surface area contributed by atoms with Crippen LogP contribution < -0.4 is 92.5 Å². The summed E-state index contributed by atoms with van der Waals surface area (Å²) in [6, 6.07) is -21.3. The van der Waals surface area contributed by atoms with Crippen LogP contribution in [0.15, 0.2) is 30.3 Å². The molecule has 52 heteroatoms. The van der Waals surface area contributed by atoms with Gasteiger partial charge in [-0.2, -0.15) is 0 Å². The van der Waals surface area contributed by atoms with Crippen LogP contribution in [-0.2, 0) is 131 Å². The van der Waals surface area contributed by atoms with Crippen molar-refractivity contribution < 1.29 is 134 Å². The molecule has 2 fully saturated rings. The van der Waals surface area contributed by atoms with Gasteiger partial charge in [0.05, 0.1) is 57.0 Å². The van der Waals surface area contributed by atoms with Crippen molar-refractivity contribution in [2.24, 2.45) is 70.1 Å². The molecule has 2 heterocycles. The monoisotopic (exact) mass is 2050 g/mol. The van der Waals surface area contributed by atoms with Crippen LogP contribution in [0, 0.1) is 41.4 Å². The fourth-order valence-corrected chi connectivity index (χ4v) is 16.8. The Morgan fingerprint density at radius 3 is 1.52 bits per heavy atom. The second-order valence-electron chi connectivity index (χ2n) is 38.3. The highest BCUT2D eigenvalue weighted by atomic mass is 16.5. The highest BCUT2D eigenvalue weighted by Gasteiger charge is 2.55. The Bertz CT molecular complexity index is 4890. The van der Waals surface area contributed by atoms with Crippen molar-refractivity contribution in [3.63, 3.8) is 0 Å². The molecule has 2 aliphatic heterocycles. The van der Waals surface area contributed by atoms with Crippen molar-refractivity contribution in [2.75, 3.05) is 69.6 Å². The second kappa shape index (κ2) is 56.8. The first kappa shape index (κ1) is 125. The molecule has 22 unspecified atom stereocenters. The van der Waals surface area contributed by atoms with E-state index in [1.165, 1.54) is 56.2 Å². The standard InChI is InChI=1S/C93H150N24O28/c1-25-46(10)70-82(132)106-61-40-67(123)110-93(61,143)49(13)76(126)103-56(38-66(122)107-92(98)142)79(129)100-51(15)84(134)117(23)75(48(12)27-3)91(141)145-52(16)71(83(133)105-58(37-64(96)120)85(135)111(17)41-68(124)101-54(35-62(94)118)78(128)99-50(14)77(127)108-70)109-80(130)55(36-63(95)119)104-81(131)59(33-43(4)5)112(18)88(138)73(45(8)9)115(21)90(140)74(47(11)26-2)116(22)87(137)60(39-65(97)121)113(19)89(139)72(44(6)7)114(20)86(136)57(102-69(125)42-144-24)34-53-31-29-28-30-32-53/h28-32,43-52,54-61,70-75,143H,25-27,33-42H2,1-24H3,(H2,94,118)(H2,95,119)(H2,96,120)(H2,97,121)(H,99,128)(H,100,129)(H,101,124)(H,102,125)(H,103,126)(H,104,131)(H,105,133)(H,106,132)(H,108,127)(H,109,130)(H,110,123)(H3,98,107,122,142). The fourth-order valence-electron chi connectivity index (χ4n) is 16.8. The molecule has 145 heavy (non-hydrogen) atoms. The van der Waals surface area contributed by atoms with Crippen molar-refractivity contribution in [1.29, 1.82) is 0 Å². The number of hydrogen-bond acceptors (Lipinski definition) is 28. The first-order chi connectivity index (χ1) is 67.3. The van der Waals surface area contributed by atoms with Crippen molar-refractivity contribution in [2.45, 2.75) is 290 Å². The number of hydrogen-bond donors (Lipinski definition) is 18. The van der Waals surface area contributed by atoms with Crippen LogP contribution in [-0.4, -0.2) is 365 Å². The van der Waals surface area contributed by atoms with Gasteiger partial charge in [-0.1, -0.05) is 133 Å². The number of benzene rings is 1. The molecule has 0 bridgehead atoms. The van der Waals surface area contributed by atoms with E-state index in [-0.39, 0.29) is 32.1 Å². The molecule has 0 radical (unpaired) electrons. The molecule has 23 N–H and O–H groups in total. The Hall–Kier alpha value is -14.1. The zero-order chi connectivity index (χ0) is 111. The van der Waals surface area contributed by atoms with E-state index in [9.17, 15) is 86.6 Å². The molecule has 1 aromatic rings. The zero-order valence-electron chi connectivity index (χ0n) is 86.9. The fraction of sp³-hybridized carbons (Fsp3) is 0.667. The normalized spacial score (nSPS) is 23.3. The minimum absolute atomic E-state index is 0.0103. The molecular weight excluding hydrogens is 1900 g/mol. The number of likely N-dealkylation sites (N-methyl/N-ethyl adjacent to an activating group) is 7. The molecular formula is C93H150N24O28. The summed E-state index contributed by atoms with van der Waals surface area (Å²) in [4.78, 5) is 362. The van der Waals surface area contributed by atoms with Gasteiger partial charge in [0.25, 0.3) is 0 Å². The lowest BCUT2D eigenvalue weighted by Crippen LogP contribution is -2.65. The Labute approximate surface area is 842 Å². The molecule has 810 valence electrons. The number of aliphatic hydroxyl groups is 1. The lowest BCUT2D eigenvalue weighted by molar-refractivity contribution is -0.163. The number of methoxy groups -OCH3 is 1. The van der Waals surface area contributed by atoms with Crippen LogP contribution in [0.3, 0.4) is 0 Å². The number of rotatable bonds is 39. The largest absolute Gasteiger partial charge is 0.458 e. The number of nitrogens with two attached hydrogens (primary N) is 5. The number of fused-ring (bicyclic) bond motifs is 1. The van der Waals surface area contributed by atoms with Gasteiger partial charge in [0.2, 0.25) is 136 Å². The lowest BCUT2D eigenvalue weighted by atomic mass is 9.89. The molecule has 0 aromatic heterocycles. The number of amides is 25. The van der Waals surface area contributed by atoms with Crippen molar-refractivity contribution in [1.82, 2.24) is 98.1 Å². The number of cyclic esters (lactones) is 1. The minimum atomic E-state index is -2.77. The van der Waals surface area contributed by atoms with Gasteiger partial charge in [0.1, 0.15) is 103 Å². The number of imide groups is 1.